The van der Waals surface area contributed by atoms with Gasteiger partial charge in [0.1, 0.15) is 0 Å². The van der Waals surface area contributed by atoms with E-state index in [0.717, 1.165) is 11.3 Å². The second-order valence-electron chi connectivity index (χ2n) is 7.20. The monoisotopic (exact) mass is 398 g/mol. The Morgan fingerprint density at radius 1 is 0.966 bits per heavy atom. The van der Waals surface area contributed by atoms with Gasteiger partial charge in [-0.15, -0.1) is 0 Å². The van der Waals surface area contributed by atoms with Gasteiger partial charge >= 0.3 is 11.8 Å². The zero-order valence-electron chi connectivity index (χ0n) is 17.1. The Morgan fingerprint density at radius 3 is 2.31 bits per heavy atom. The summed E-state index contributed by atoms with van der Waals surface area (Å²) in [5, 5.41) is 5.29. The first-order valence-electron chi connectivity index (χ1n) is 9.27. The van der Waals surface area contributed by atoms with Gasteiger partial charge in [0.15, 0.2) is 11.5 Å². The van der Waals surface area contributed by atoms with Crippen LogP contribution in [0.15, 0.2) is 42.5 Å². The Balaban J connectivity index is 1.59. The highest BCUT2D eigenvalue weighted by Gasteiger charge is 2.20. The van der Waals surface area contributed by atoms with E-state index in [1.165, 1.54) is 0 Å². The predicted octanol–water partition coefficient (Wildman–Crippen LogP) is 1.84. The first kappa shape index (κ1) is 20.5. The molecule has 0 aliphatic carbocycles. The molecule has 1 atom stereocenters. The standard InChI is InChI=1S/C21H26N4O4/c1-24(2)16-8-5-14(6-9-16)17(25(3)4)12-22-20(26)21(27)23-15-7-10-18-19(11-15)29-13-28-18/h5-11,17H,12-13H2,1-4H3,(H,22,26)(H,23,27). The van der Waals surface area contributed by atoms with Crippen molar-refractivity contribution >= 4 is 23.2 Å². The number of nitrogens with one attached hydrogen (secondary N) is 2. The number of carbonyl (C=O) groups is 2. The second kappa shape index (κ2) is 8.83. The number of amides is 2. The molecule has 0 spiro atoms. The average Bonchev–Trinajstić information content (AvgIpc) is 3.16. The van der Waals surface area contributed by atoms with Gasteiger partial charge in [-0.25, -0.2) is 0 Å². The van der Waals surface area contributed by atoms with E-state index < -0.39 is 11.8 Å². The van der Waals surface area contributed by atoms with Crippen LogP contribution in [0.4, 0.5) is 11.4 Å². The van der Waals surface area contributed by atoms with Gasteiger partial charge in [-0.1, -0.05) is 12.1 Å². The minimum Gasteiger partial charge on any atom is -0.454 e. The van der Waals surface area contributed by atoms with Crippen molar-refractivity contribution < 1.29 is 19.1 Å². The van der Waals surface area contributed by atoms with Crippen molar-refractivity contribution in [3.63, 3.8) is 0 Å². The maximum atomic E-state index is 12.3. The third kappa shape index (κ3) is 4.97. The van der Waals surface area contributed by atoms with Crippen LogP contribution in [0.25, 0.3) is 0 Å². The van der Waals surface area contributed by atoms with Crippen LogP contribution in [0.3, 0.4) is 0 Å². The molecule has 154 valence electrons. The molecule has 0 fully saturated rings. The summed E-state index contributed by atoms with van der Waals surface area (Å²) in [6.45, 7) is 0.455. The molecule has 8 nitrogen and oxygen atoms in total. The Hall–Kier alpha value is -3.26. The molecule has 1 unspecified atom stereocenters. The van der Waals surface area contributed by atoms with E-state index >= 15 is 0 Å². The summed E-state index contributed by atoms with van der Waals surface area (Å²) >= 11 is 0. The molecule has 1 heterocycles. The number of hydrogen-bond acceptors (Lipinski definition) is 6. The SMILES string of the molecule is CN(C)c1ccc(C(CNC(=O)C(=O)Nc2ccc3c(c2)OCO3)N(C)C)cc1. The summed E-state index contributed by atoms with van der Waals surface area (Å²) < 4.78 is 10.5. The van der Waals surface area contributed by atoms with Gasteiger partial charge in [-0.3, -0.25) is 9.59 Å². The number of anilines is 2. The topological polar surface area (TPSA) is 83.1 Å². The second-order valence-corrected chi connectivity index (χ2v) is 7.20. The van der Waals surface area contributed by atoms with E-state index in [0.29, 0.717) is 23.7 Å². The van der Waals surface area contributed by atoms with Gasteiger partial charge in [0.25, 0.3) is 0 Å². The summed E-state index contributed by atoms with van der Waals surface area (Å²) in [6.07, 6.45) is 0. The fourth-order valence-corrected chi connectivity index (χ4v) is 3.02. The molecule has 1 aliphatic heterocycles. The van der Waals surface area contributed by atoms with Crippen LogP contribution >= 0.6 is 0 Å². The van der Waals surface area contributed by atoms with Crippen LogP contribution in [-0.4, -0.2) is 58.2 Å². The molecule has 1 aliphatic rings. The molecule has 0 saturated heterocycles. The molecule has 0 radical (unpaired) electrons. The van der Waals surface area contributed by atoms with Crippen LogP contribution in [0.1, 0.15) is 11.6 Å². The maximum Gasteiger partial charge on any atom is 0.313 e. The summed E-state index contributed by atoms with van der Waals surface area (Å²) in [4.78, 5) is 28.5. The van der Waals surface area contributed by atoms with E-state index in [2.05, 4.69) is 10.6 Å². The summed E-state index contributed by atoms with van der Waals surface area (Å²) in [5.74, 6) is -0.276. The lowest BCUT2D eigenvalue weighted by Gasteiger charge is -2.25. The van der Waals surface area contributed by atoms with Crippen molar-refractivity contribution in [3.8, 4) is 11.5 Å². The molecule has 3 rings (SSSR count). The van der Waals surface area contributed by atoms with Gasteiger partial charge in [-0.2, -0.15) is 0 Å². The van der Waals surface area contributed by atoms with E-state index in [1.54, 1.807) is 18.2 Å². The Bertz CT molecular complexity index is 881. The third-order valence-corrected chi connectivity index (χ3v) is 4.71. The van der Waals surface area contributed by atoms with Crippen molar-refractivity contribution in [2.24, 2.45) is 0 Å². The number of benzene rings is 2. The molecule has 29 heavy (non-hydrogen) atoms. The fraction of sp³-hybridized carbons (Fsp3) is 0.333. The predicted molar refractivity (Wildman–Crippen MR) is 111 cm³/mol. The van der Waals surface area contributed by atoms with E-state index in [9.17, 15) is 9.59 Å². The number of nitrogens with zero attached hydrogens (tertiary/aromatic N) is 2. The fourth-order valence-electron chi connectivity index (χ4n) is 3.02. The normalized spacial score (nSPS) is 13.1. The van der Waals surface area contributed by atoms with Gasteiger partial charge in [0, 0.05) is 38.1 Å². The first-order valence-corrected chi connectivity index (χ1v) is 9.27. The van der Waals surface area contributed by atoms with Crippen molar-refractivity contribution in [3.05, 3.63) is 48.0 Å². The van der Waals surface area contributed by atoms with E-state index in [4.69, 9.17) is 9.47 Å². The molecule has 2 aromatic carbocycles. The number of hydrogen-bond donors (Lipinski definition) is 2. The lowest BCUT2D eigenvalue weighted by molar-refractivity contribution is -0.136. The average molecular weight is 398 g/mol. The van der Waals surface area contributed by atoms with Gasteiger partial charge < -0.3 is 29.9 Å². The molecule has 8 heteroatoms. The highest BCUT2D eigenvalue weighted by molar-refractivity contribution is 6.39. The highest BCUT2D eigenvalue weighted by Crippen LogP contribution is 2.34. The first-order chi connectivity index (χ1) is 13.8. The lowest BCUT2D eigenvalue weighted by atomic mass is 10.1. The Kier molecular flexibility index (Phi) is 6.23. The minimum absolute atomic E-state index is 0.0616. The Labute approximate surface area is 170 Å². The van der Waals surface area contributed by atoms with Crippen LogP contribution in [-0.2, 0) is 9.59 Å². The van der Waals surface area contributed by atoms with Gasteiger partial charge in [0.05, 0.1) is 6.04 Å². The smallest absolute Gasteiger partial charge is 0.313 e. The molecule has 2 N–H and O–H groups in total. The summed E-state index contributed by atoms with van der Waals surface area (Å²) in [7, 11) is 7.83. The minimum atomic E-state index is -0.732. The van der Waals surface area contributed by atoms with E-state index in [1.807, 2.05) is 62.3 Å². The van der Waals surface area contributed by atoms with Crippen molar-refractivity contribution in [2.75, 3.05) is 51.7 Å². The maximum absolute atomic E-state index is 12.3. The van der Waals surface area contributed by atoms with Crippen LogP contribution in [0.5, 0.6) is 11.5 Å². The molecule has 0 saturated carbocycles. The third-order valence-electron chi connectivity index (χ3n) is 4.71. The highest BCUT2D eigenvalue weighted by atomic mass is 16.7. The van der Waals surface area contributed by atoms with Crippen molar-refractivity contribution in [1.29, 1.82) is 0 Å². The number of ether oxygens (including phenoxy) is 2. The molecule has 0 aromatic heterocycles. The summed E-state index contributed by atoms with van der Waals surface area (Å²) in [5.41, 5.74) is 2.62. The van der Waals surface area contributed by atoms with Gasteiger partial charge in [0.2, 0.25) is 6.79 Å². The lowest BCUT2D eigenvalue weighted by Crippen LogP contribution is -2.40. The van der Waals surface area contributed by atoms with E-state index in [-0.39, 0.29) is 12.8 Å². The zero-order chi connectivity index (χ0) is 21.0. The van der Waals surface area contributed by atoms with Crippen molar-refractivity contribution in [2.45, 2.75) is 6.04 Å². The Morgan fingerprint density at radius 2 is 1.66 bits per heavy atom. The van der Waals surface area contributed by atoms with Crippen LogP contribution in [0, 0.1) is 0 Å². The largest absolute Gasteiger partial charge is 0.454 e. The number of carbonyl (C=O) groups excluding carboxylic acids is 2. The summed E-state index contributed by atoms with van der Waals surface area (Å²) in [6, 6.07) is 13.0. The number of rotatable bonds is 6. The number of fused-ring (bicyclic) bond motifs is 1. The molecule has 2 amide bonds. The van der Waals surface area contributed by atoms with Crippen LogP contribution in [0.2, 0.25) is 0 Å². The quantitative estimate of drug-likeness (QED) is 0.723. The molecule has 0 bridgehead atoms. The molecular formula is C21H26N4O4. The van der Waals surface area contributed by atoms with Gasteiger partial charge in [-0.05, 0) is 43.9 Å². The number of likely N-dealkylation sites (N-methyl/N-ethyl adjacent to an activating group) is 1. The van der Waals surface area contributed by atoms with Crippen LogP contribution < -0.4 is 25.0 Å². The molecular weight excluding hydrogens is 372 g/mol. The molecule has 2 aromatic rings. The zero-order valence-corrected chi connectivity index (χ0v) is 17.1. The van der Waals surface area contributed by atoms with Crippen molar-refractivity contribution in [1.82, 2.24) is 10.2 Å².